The summed E-state index contributed by atoms with van der Waals surface area (Å²) >= 11 is 0. The lowest BCUT2D eigenvalue weighted by molar-refractivity contribution is -0.161. The lowest BCUT2D eigenvalue weighted by Crippen LogP contribution is -2.50. The monoisotopic (exact) mass is 556 g/mol. The highest BCUT2D eigenvalue weighted by Gasteiger charge is 2.40. The number of nitrogens with zero attached hydrogens (tertiary/aromatic N) is 2. The summed E-state index contributed by atoms with van der Waals surface area (Å²) in [5.74, 6) is -1.25. The van der Waals surface area contributed by atoms with Gasteiger partial charge in [-0.3, -0.25) is 10.3 Å². The van der Waals surface area contributed by atoms with E-state index in [0.717, 1.165) is 30.2 Å². The van der Waals surface area contributed by atoms with E-state index in [4.69, 9.17) is 29.5 Å². The van der Waals surface area contributed by atoms with E-state index in [1.165, 1.54) is 19.8 Å². The molecule has 0 amide bonds. The van der Waals surface area contributed by atoms with Gasteiger partial charge in [0.15, 0.2) is 6.10 Å². The summed E-state index contributed by atoms with van der Waals surface area (Å²) in [5, 5.41) is 27.5. The molecule has 3 unspecified atom stereocenters. The van der Waals surface area contributed by atoms with E-state index in [1.807, 2.05) is 20.8 Å². The molecule has 0 radical (unpaired) electrons. The normalized spacial score (nSPS) is 20.8. The predicted octanol–water partition coefficient (Wildman–Crippen LogP) is 3.07. The van der Waals surface area contributed by atoms with Gasteiger partial charge in [0.05, 0.1) is 33.3 Å². The van der Waals surface area contributed by atoms with Gasteiger partial charge in [0, 0.05) is 18.6 Å². The largest absolute Gasteiger partial charge is 0.508 e. The highest BCUT2D eigenvalue weighted by molar-refractivity contribution is 6.07. The molecule has 1 aromatic carbocycles. The Morgan fingerprint density at radius 1 is 1.27 bits per heavy atom. The number of phenolic OH excluding ortho intramolecular Hbond substituents is 1. The second-order valence-electron chi connectivity index (χ2n) is 9.90. The molecule has 3 atom stereocenters. The summed E-state index contributed by atoms with van der Waals surface area (Å²) in [6.07, 6.45) is 6.60. The fourth-order valence-electron chi connectivity index (χ4n) is 4.99. The van der Waals surface area contributed by atoms with Crippen LogP contribution >= 0.6 is 0 Å². The Kier molecular flexibility index (Phi) is 11.0. The van der Waals surface area contributed by atoms with Crippen molar-refractivity contribution in [3.8, 4) is 5.75 Å². The van der Waals surface area contributed by atoms with E-state index in [1.54, 1.807) is 23.2 Å². The zero-order valence-corrected chi connectivity index (χ0v) is 23.9. The quantitative estimate of drug-likeness (QED) is 0.153. The second kappa shape index (κ2) is 14.2. The third-order valence-electron chi connectivity index (χ3n) is 7.13. The van der Waals surface area contributed by atoms with E-state index in [2.05, 4.69) is 17.5 Å². The SMILES string of the molecule is CCc1ccc(O)cc1CC(C=N)(OCNCN1COC(C(=O)OC)C(C2CCC=C(C)C=C2C)=N1)C(=O)OC. The lowest BCUT2D eigenvalue weighted by atomic mass is 9.88. The molecule has 2 aliphatic rings. The van der Waals surface area contributed by atoms with Crippen molar-refractivity contribution in [2.24, 2.45) is 11.0 Å². The van der Waals surface area contributed by atoms with Gasteiger partial charge < -0.3 is 29.5 Å². The minimum atomic E-state index is -1.70. The van der Waals surface area contributed by atoms with Crippen molar-refractivity contribution >= 4 is 23.9 Å². The number of hydrazone groups is 1. The molecule has 1 aliphatic carbocycles. The average molecular weight is 557 g/mol. The van der Waals surface area contributed by atoms with Crippen molar-refractivity contribution in [2.75, 3.05) is 34.3 Å². The number of hydrogen-bond acceptors (Lipinski definition) is 11. The zero-order valence-electron chi connectivity index (χ0n) is 23.9. The smallest absolute Gasteiger partial charge is 0.344 e. The third kappa shape index (κ3) is 7.35. The van der Waals surface area contributed by atoms with E-state index < -0.39 is 23.6 Å². The number of aromatic hydroxyl groups is 1. The first-order valence-corrected chi connectivity index (χ1v) is 13.3. The number of benzene rings is 1. The Labute approximate surface area is 235 Å². The summed E-state index contributed by atoms with van der Waals surface area (Å²) in [7, 11) is 2.56. The van der Waals surface area contributed by atoms with Gasteiger partial charge in [0.2, 0.25) is 5.60 Å². The van der Waals surface area contributed by atoms with Crippen LogP contribution in [-0.2, 0) is 41.4 Å². The van der Waals surface area contributed by atoms with Gasteiger partial charge in [-0.15, -0.1) is 0 Å². The minimum absolute atomic E-state index is 0.0130. The Bertz CT molecular complexity index is 1180. The maximum absolute atomic E-state index is 12.8. The fraction of sp³-hybridized carbons (Fsp3) is 0.517. The number of nitrogens with one attached hydrogen (secondary N) is 2. The summed E-state index contributed by atoms with van der Waals surface area (Å²) in [4.78, 5) is 25.3. The fourth-order valence-corrected chi connectivity index (χ4v) is 4.99. The van der Waals surface area contributed by atoms with Gasteiger partial charge in [-0.2, -0.15) is 5.10 Å². The van der Waals surface area contributed by atoms with Gasteiger partial charge in [-0.05, 0) is 56.4 Å². The highest BCUT2D eigenvalue weighted by Crippen LogP contribution is 2.29. The first-order valence-electron chi connectivity index (χ1n) is 13.3. The maximum atomic E-state index is 12.8. The number of allylic oxidation sites excluding steroid dienone is 4. The topological polar surface area (TPSA) is 143 Å². The standard InChI is InChI=1S/C29H40N4O7/c1-6-21-10-11-23(34)13-22(21)14-29(15-30,28(36)38-5)40-17-31-16-33-18-39-26(27(35)37-4)25(32-33)24-9-7-8-19(2)12-20(24)3/h8,10-13,15,24,26,30-31,34H,6-7,9,14,16-18H2,1-5H3. The van der Waals surface area contributed by atoms with Crippen LogP contribution in [0.15, 0.2) is 46.6 Å². The van der Waals surface area contributed by atoms with Gasteiger partial charge in [-0.1, -0.05) is 36.3 Å². The maximum Gasteiger partial charge on any atom is 0.344 e. The van der Waals surface area contributed by atoms with Crippen LogP contribution in [0, 0.1) is 11.3 Å². The molecule has 0 spiro atoms. The molecular weight excluding hydrogens is 516 g/mol. The summed E-state index contributed by atoms with van der Waals surface area (Å²) in [5.41, 5.74) is 2.74. The van der Waals surface area contributed by atoms with E-state index in [-0.39, 0.29) is 38.2 Å². The lowest BCUT2D eigenvalue weighted by Gasteiger charge is -2.34. The molecular formula is C29H40N4O7. The molecule has 11 nitrogen and oxygen atoms in total. The number of hydrogen-bond donors (Lipinski definition) is 3. The molecule has 11 heteroatoms. The molecule has 3 N–H and O–H groups in total. The van der Waals surface area contributed by atoms with E-state index in [9.17, 15) is 14.7 Å². The van der Waals surface area contributed by atoms with Crippen LogP contribution in [0.2, 0.25) is 0 Å². The molecule has 1 aliphatic heterocycles. The van der Waals surface area contributed by atoms with Crippen LogP contribution in [0.4, 0.5) is 0 Å². The molecule has 0 saturated heterocycles. The van der Waals surface area contributed by atoms with Crippen LogP contribution in [0.1, 0.15) is 44.7 Å². The molecule has 3 rings (SSSR count). The van der Waals surface area contributed by atoms with E-state index in [0.29, 0.717) is 17.7 Å². The number of carbonyl (C=O) groups is 2. The first-order chi connectivity index (χ1) is 19.2. The summed E-state index contributed by atoms with van der Waals surface area (Å²) in [6, 6.07) is 4.93. The summed E-state index contributed by atoms with van der Waals surface area (Å²) in [6.45, 7) is 6.15. The van der Waals surface area contributed by atoms with Gasteiger partial charge in [0.1, 0.15) is 12.5 Å². The van der Waals surface area contributed by atoms with Crippen molar-refractivity contribution in [3.63, 3.8) is 0 Å². The predicted molar refractivity (Wildman–Crippen MR) is 150 cm³/mol. The Morgan fingerprint density at radius 2 is 2.05 bits per heavy atom. The molecule has 0 bridgehead atoms. The molecule has 0 fully saturated rings. The van der Waals surface area contributed by atoms with E-state index >= 15 is 0 Å². The van der Waals surface area contributed by atoms with Crippen LogP contribution in [0.5, 0.6) is 5.75 Å². The van der Waals surface area contributed by atoms with Crippen LogP contribution in [0.25, 0.3) is 0 Å². The zero-order chi connectivity index (χ0) is 29.3. The van der Waals surface area contributed by atoms with Gasteiger partial charge in [0.25, 0.3) is 0 Å². The number of carbonyl (C=O) groups excluding carboxylic acids is 2. The molecule has 40 heavy (non-hydrogen) atoms. The van der Waals surface area contributed by atoms with Crippen molar-refractivity contribution in [1.82, 2.24) is 10.3 Å². The Morgan fingerprint density at radius 3 is 2.73 bits per heavy atom. The number of ether oxygens (including phenoxy) is 4. The van der Waals surface area contributed by atoms with Gasteiger partial charge >= 0.3 is 11.9 Å². The van der Waals surface area contributed by atoms with Crippen LogP contribution in [-0.4, -0.2) is 80.0 Å². The molecule has 1 heterocycles. The second-order valence-corrected chi connectivity index (χ2v) is 9.90. The number of esters is 2. The van der Waals surface area contributed by atoms with Crippen molar-refractivity contribution < 1.29 is 33.6 Å². The molecule has 0 aromatic heterocycles. The van der Waals surface area contributed by atoms with Crippen molar-refractivity contribution in [3.05, 3.63) is 52.6 Å². The average Bonchev–Trinajstić information content (AvgIpc) is 3.12. The number of phenols is 1. The summed E-state index contributed by atoms with van der Waals surface area (Å²) < 4.78 is 21.7. The Hall–Kier alpha value is -3.54. The minimum Gasteiger partial charge on any atom is -0.508 e. The van der Waals surface area contributed by atoms with Crippen molar-refractivity contribution in [1.29, 1.82) is 5.41 Å². The molecule has 1 aromatic rings. The highest BCUT2D eigenvalue weighted by atomic mass is 16.6. The molecule has 0 saturated carbocycles. The Balaban J connectivity index is 1.74. The number of aryl methyl sites for hydroxylation is 1. The van der Waals surface area contributed by atoms with Gasteiger partial charge in [-0.25, -0.2) is 9.59 Å². The third-order valence-corrected chi connectivity index (χ3v) is 7.13. The van der Waals surface area contributed by atoms with Crippen LogP contribution < -0.4 is 5.32 Å². The number of methoxy groups -OCH3 is 2. The van der Waals surface area contributed by atoms with Crippen molar-refractivity contribution in [2.45, 2.75) is 58.2 Å². The first kappa shape index (κ1) is 31.0. The molecule has 218 valence electrons. The number of rotatable bonds is 12. The van der Waals surface area contributed by atoms with Crippen LogP contribution in [0.3, 0.4) is 0 Å².